The van der Waals surface area contributed by atoms with Crippen LogP contribution in [0.15, 0.2) is 11.6 Å². The summed E-state index contributed by atoms with van der Waals surface area (Å²) < 4.78 is 0. The molecule has 1 nitrogen and oxygen atoms in total. The third-order valence-electron chi connectivity index (χ3n) is 1.22. The maximum absolute atomic E-state index is 5.33. The van der Waals surface area contributed by atoms with Gasteiger partial charge < -0.3 is 5.32 Å². The van der Waals surface area contributed by atoms with Gasteiger partial charge in [0.2, 0.25) is 0 Å². The SMILES string of the molecule is CC(CCBr)NC/C=C/Cl. The molecule has 0 aliphatic heterocycles. The zero-order valence-corrected chi connectivity index (χ0v) is 8.45. The molecular formula is C7H13BrClN. The van der Waals surface area contributed by atoms with Crippen LogP contribution in [-0.2, 0) is 0 Å². The summed E-state index contributed by atoms with van der Waals surface area (Å²) in [5.74, 6) is 0. The van der Waals surface area contributed by atoms with Crippen molar-refractivity contribution in [3.05, 3.63) is 11.6 Å². The summed E-state index contributed by atoms with van der Waals surface area (Å²) in [6.07, 6.45) is 3.04. The predicted molar refractivity (Wildman–Crippen MR) is 50.9 cm³/mol. The van der Waals surface area contributed by atoms with Gasteiger partial charge in [-0.15, -0.1) is 0 Å². The van der Waals surface area contributed by atoms with Crippen LogP contribution in [-0.4, -0.2) is 17.9 Å². The Bertz CT molecular complexity index is 95.6. The van der Waals surface area contributed by atoms with E-state index in [0.717, 1.165) is 18.3 Å². The monoisotopic (exact) mass is 225 g/mol. The summed E-state index contributed by atoms with van der Waals surface area (Å²) in [5.41, 5.74) is 1.54. The van der Waals surface area contributed by atoms with Gasteiger partial charge in [0.1, 0.15) is 0 Å². The van der Waals surface area contributed by atoms with Crippen LogP contribution in [0.2, 0.25) is 0 Å². The Kier molecular flexibility index (Phi) is 7.93. The summed E-state index contributed by atoms with van der Waals surface area (Å²) in [6.45, 7) is 3.01. The number of hydrogen-bond donors (Lipinski definition) is 1. The van der Waals surface area contributed by atoms with E-state index in [0.29, 0.717) is 6.04 Å². The largest absolute Gasteiger partial charge is 0.311 e. The van der Waals surface area contributed by atoms with Crippen molar-refractivity contribution in [2.75, 3.05) is 11.9 Å². The van der Waals surface area contributed by atoms with Crippen molar-refractivity contribution in [1.29, 1.82) is 0 Å². The molecule has 0 saturated heterocycles. The Morgan fingerprint density at radius 3 is 2.90 bits per heavy atom. The first kappa shape index (κ1) is 10.5. The van der Waals surface area contributed by atoms with Gasteiger partial charge in [0.25, 0.3) is 0 Å². The van der Waals surface area contributed by atoms with Gasteiger partial charge in [-0.3, -0.25) is 0 Å². The van der Waals surface area contributed by atoms with Crippen LogP contribution in [0.5, 0.6) is 0 Å². The molecule has 0 spiro atoms. The summed E-state index contributed by atoms with van der Waals surface area (Å²) in [6, 6.07) is 0.562. The van der Waals surface area contributed by atoms with Gasteiger partial charge in [-0.2, -0.15) is 0 Å². The van der Waals surface area contributed by atoms with Crippen molar-refractivity contribution < 1.29 is 0 Å². The lowest BCUT2D eigenvalue weighted by Gasteiger charge is -2.08. The van der Waals surface area contributed by atoms with Gasteiger partial charge in [0.15, 0.2) is 0 Å². The van der Waals surface area contributed by atoms with Crippen molar-refractivity contribution in [3.63, 3.8) is 0 Å². The molecule has 0 amide bonds. The highest BCUT2D eigenvalue weighted by atomic mass is 79.9. The molecule has 3 heteroatoms. The van der Waals surface area contributed by atoms with Crippen molar-refractivity contribution in [2.45, 2.75) is 19.4 Å². The summed E-state index contributed by atoms with van der Waals surface area (Å²) in [4.78, 5) is 0. The van der Waals surface area contributed by atoms with Crippen molar-refractivity contribution in [3.8, 4) is 0 Å². The van der Waals surface area contributed by atoms with E-state index in [-0.39, 0.29) is 0 Å². The molecule has 0 aromatic rings. The predicted octanol–water partition coefficient (Wildman–Crippen LogP) is 2.50. The molecule has 0 aromatic heterocycles. The van der Waals surface area contributed by atoms with E-state index in [2.05, 4.69) is 28.2 Å². The maximum Gasteiger partial charge on any atom is 0.0148 e. The Balaban J connectivity index is 3.12. The van der Waals surface area contributed by atoms with Gasteiger partial charge in [-0.25, -0.2) is 0 Å². The third kappa shape index (κ3) is 6.59. The van der Waals surface area contributed by atoms with E-state index in [1.807, 2.05) is 6.08 Å². The molecule has 0 radical (unpaired) electrons. The van der Waals surface area contributed by atoms with Crippen LogP contribution in [0, 0.1) is 0 Å². The summed E-state index contributed by atoms with van der Waals surface area (Å²) in [5, 5.41) is 4.33. The maximum atomic E-state index is 5.33. The molecule has 0 aliphatic rings. The molecule has 0 saturated carbocycles. The van der Waals surface area contributed by atoms with Crippen LogP contribution >= 0.6 is 27.5 Å². The van der Waals surface area contributed by atoms with Gasteiger partial charge in [0, 0.05) is 23.5 Å². The van der Waals surface area contributed by atoms with Crippen LogP contribution < -0.4 is 5.32 Å². The molecule has 1 unspecified atom stereocenters. The van der Waals surface area contributed by atoms with E-state index in [4.69, 9.17) is 11.6 Å². The van der Waals surface area contributed by atoms with Crippen LogP contribution in [0.1, 0.15) is 13.3 Å². The number of hydrogen-bond acceptors (Lipinski definition) is 1. The second kappa shape index (κ2) is 7.58. The van der Waals surface area contributed by atoms with E-state index < -0.39 is 0 Å². The van der Waals surface area contributed by atoms with Crippen LogP contribution in [0.3, 0.4) is 0 Å². The third-order valence-corrected chi connectivity index (χ3v) is 1.85. The first-order chi connectivity index (χ1) is 4.81. The van der Waals surface area contributed by atoms with Crippen LogP contribution in [0.4, 0.5) is 0 Å². The number of rotatable bonds is 5. The second-order valence-electron chi connectivity index (χ2n) is 2.15. The zero-order valence-electron chi connectivity index (χ0n) is 6.11. The van der Waals surface area contributed by atoms with Gasteiger partial charge >= 0.3 is 0 Å². The molecular weight excluding hydrogens is 213 g/mol. The molecule has 0 aromatic carbocycles. The second-order valence-corrected chi connectivity index (χ2v) is 3.19. The van der Waals surface area contributed by atoms with Gasteiger partial charge in [-0.05, 0) is 13.3 Å². The van der Waals surface area contributed by atoms with Crippen molar-refractivity contribution in [1.82, 2.24) is 5.32 Å². The van der Waals surface area contributed by atoms with Gasteiger partial charge in [0.05, 0.1) is 0 Å². The van der Waals surface area contributed by atoms with Crippen molar-refractivity contribution >= 4 is 27.5 Å². The highest BCUT2D eigenvalue weighted by molar-refractivity contribution is 9.09. The fraction of sp³-hybridized carbons (Fsp3) is 0.714. The molecule has 0 heterocycles. The summed E-state index contributed by atoms with van der Waals surface area (Å²) in [7, 11) is 0. The standard InChI is InChI=1S/C7H13BrClN/c1-7(3-4-8)10-6-2-5-9/h2,5,7,10H,3-4,6H2,1H3/b5-2+. The normalized spacial score (nSPS) is 14.3. The Hall–Kier alpha value is 0.470. The Labute approximate surface area is 76.0 Å². The number of alkyl halides is 1. The molecule has 0 rings (SSSR count). The summed E-state index contributed by atoms with van der Waals surface area (Å²) >= 11 is 8.71. The smallest absolute Gasteiger partial charge is 0.0148 e. The Morgan fingerprint density at radius 1 is 1.70 bits per heavy atom. The minimum absolute atomic E-state index is 0.562. The lowest BCUT2D eigenvalue weighted by Crippen LogP contribution is -2.26. The first-order valence-corrected chi connectivity index (χ1v) is 4.91. The van der Waals surface area contributed by atoms with E-state index in [1.165, 1.54) is 5.54 Å². The van der Waals surface area contributed by atoms with E-state index in [9.17, 15) is 0 Å². The molecule has 0 fully saturated rings. The topological polar surface area (TPSA) is 12.0 Å². The lowest BCUT2D eigenvalue weighted by molar-refractivity contribution is 0.572. The molecule has 10 heavy (non-hydrogen) atoms. The van der Waals surface area contributed by atoms with Gasteiger partial charge in [-0.1, -0.05) is 33.6 Å². The average Bonchev–Trinajstić information content (AvgIpc) is 1.89. The first-order valence-electron chi connectivity index (χ1n) is 3.35. The molecule has 0 aliphatic carbocycles. The highest BCUT2D eigenvalue weighted by Crippen LogP contribution is 1.93. The number of nitrogens with one attached hydrogen (secondary N) is 1. The minimum atomic E-state index is 0.562. The molecule has 0 bridgehead atoms. The fourth-order valence-corrected chi connectivity index (χ4v) is 1.36. The number of halogens is 2. The average molecular weight is 227 g/mol. The minimum Gasteiger partial charge on any atom is -0.311 e. The quantitative estimate of drug-likeness (QED) is 0.711. The zero-order chi connectivity index (χ0) is 7.82. The Morgan fingerprint density at radius 2 is 2.40 bits per heavy atom. The van der Waals surface area contributed by atoms with Crippen LogP contribution in [0.25, 0.3) is 0 Å². The van der Waals surface area contributed by atoms with E-state index in [1.54, 1.807) is 0 Å². The highest BCUT2D eigenvalue weighted by Gasteiger charge is 1.95. The molecule has 60 valence electrons. The lowest BCUT2D eigenvalue weighted by atomic mass is 10.3. The molecule has 1 N–H and O–H groups in total. The van der Waals surface area contributed by atoms with E-state index >= 15 is 0 Å². The molecule has 1 atom stereocenters. The fourth-order valence-electron chi connectivity index (χ4n) is 0.579. The van der Waals surface area contributed by atoms with Crippen molar-refractivity contribution in [2.24, 2.45) is 0 Å².